The number of benzene rings is 1. The molecular weight excluding hydrogens is 448 g/mol. The van der Waals surface area contributed by atoms with Crippen LogP contribution in [-0.4, -0.2) is 48.5 Å². The molecule has 4 heterocycles. The number of pyridine rings is 1. The van der Waals surface area contributed by atoms with Crippen LogP contribution in [0.4, 0.5) is 0 Å². The Morgan fingerprint density at radius 2 is 1.97 bits per heavy atom. The third kappa shape index (κ3) is 3.03. The first-order chi connectivity index (χ1) is 16.5. The van der Waals surface area contributed by atoms with E-state index in [9.17, 15) is 4.79 Å². The van der Waals surface area contributed by atoms with Gasteiger partial charge in [-0.25, -0.2) is 9.97 Å². The number of nitrogens with two attached hydrogens (primary N) is 1. The molecule has 4 aromatic rings. The van der Waals surface area contributed by atoms with Crippen molar-refractivity contribution in [2.45, 2.75) is 44.3 Å². The average Bonchev–Trinajstić information content (AvgIpc) is 3.26. The van der Waals surface area contributed by atoms with Crippen LogP contribution in [0.15, 0.2) is 36.4 Å². The molecule has 1 aromatic carbocycles. The van der Waals surface area contributed by atoms with E-state index >= 15 is 0 Å². The molecule has 1 aliphatic heterocycles. The highest BCUT2D eigenvalue weighted by Gasteiger charge is 2.46. The summed E-state index contributed by atoms with van der Waals surface area (Å²) in [6, 6.07) is 12.2. The number of rotatable bonds is 4. The summed E-state index contributed by atoms with van der Waals surface area (Å²) < 4.78 is 4.37. The zero-order valence-corrected chi connectivity index (χ0v) is 19.9. The molecule has 2 N–H and O–H groups in total. The molecule has 0 spiro atoms. The second-order valence-corrected chi connectivity index (χ2v) is 10.7. The van der Waals surface area contributed by atoms with Gasteiger partial charge < -0.3 is 19.8 Å². The Morgan fingerprint density at radius 1 is 1.12 bits per heavy atom. The van der Waals surface area contributed by atoms with E-state index < -0.39 is 0 Å². The predicted molar refractivity (Wildman–Crippen MR) is 133 cm³/mol. The lowest BCUT2D eigenvalue weighted by atomic mass is 10.1. The molecule has 0 unspecified atom stereocenters. The first-order valence-corrected chi connectivity index (χ1v) is 12.5. The Balaban J connectivity index is 1.30. The van der Waals surface area contributed by atoms with Crippen LogP contribution < -0.4 is 5.73 Å². The lowest BCUT2D eigenvalue weighted by Crippen LogP contribution is -2.41. The smallest absolute Gasteiger partial charge is 0.254 e. The molecule has 7 nitrogen and oxygen atoms in total. The van der Waals surface area contributed by atoms with Crippen LogP contribution in [0.1, 0.15) is 36.0 Å². The van der Waals surface area contributed by atoms with Crippen LogP contribution in [0.2, 0.25) is 5.15 Å². The summed E-state index contributed by atoms with van der Waals surface area (Å²) >= 11 is 6.24. The lowest BCUT2D eigenvalue weighted by Gasteiger charge is -2.27. The number of nitrogens with zero attached hydrogens (tertiary/aromatic N) is 5. The number of carbonyl (C=O) groups is 1. The third-order valence-electron chi connectivity index (χ3n) is 8.12. The summed E-state index contributed by atoms with van der Waals surface area (Å²) in [7, 11) is 2.03. The number of carbonyl (C=O) groups excluding carboxylic acids is 1. The van der Waals surface area contributed by atoms with Gasteiger partial charge in [0.05, 0.1) is 16.7 Å². The van der Waals surface area contributed by atoms with Crippen molar-refractivity contribution >= 4 is 39.6 Å². The van der Waals surface area contributed by atoms with Gasteiger partial charge in [-0.2, -0.15) is 0 Å². The number of aryl methyl sites for hydroxylation is 1. The van der Waals surface area contributed by atoms with Crippen molar-refractivity contribution in [1.82, 2.24) is 24.0 Å². The monoisotopic (exact) mass is 474 g/mol. The Labute approximate surface area is 202 Å². The molecule has 0 radical (unpaired) electrons. The molecule has 2 aliphatic carbocycles. The summed E-state index contributed by atoms with van der Waals surface area (Å²) in [6.45, 7) is 1.68. The second-order valence-electron chi connectivity index (χ2n) is 10.3. The van der Waals surface area contributed by atoms with E-state index in [2.05, 4.69) is 20.2 Å². The van der Waals surface area contributed by atoms with Gasteiger partial charge in [0.1, 0.15) is 10.8 Å². The fourth-order valence-electron chi connectivity index (χ4n) is 6.04. The van der Waals surface area contributed by atoms with Crippen LogP contribution in [0.3, 0.4) is 0 Å². The SMILES string of the molecule is Cn1c(-c2cc3ccc(Cl)nc3n2CC2CC2)nc2cc(C(=O)N3C[C@H]4CC[C@@H]3[C@@H]4N)ccc21. The highest BCUT2D eigenvalue weighted by atomic mass is 35.5. The summed E-state index contributed by atoms with van der Waals surface area (Å²) in [5, 5.41) is 1.56. The van der Waals surface area contributed by atoms with E-state index in [1.807, 2.05) is 42.3 Å². The maximum atomic E-state index is 13.3. The molecule has 3 aromatic heterocycles. The Kier molecular flexibility index (Phi) is 4.39. The highest BCUT2D eigenvalue weighted by molar-refractivity contribution is 6.29. The summed E-state index contributed by atoms with van der Waals surface area (Å²) in [6.07, 6.45) is 4.63. The molecule has 2 saturated carbocycles. The average molecular weight is 475 g/mol. The third-order valence-corrected chi connectivity index (χ3v) is 8.33. The number of halogens is 1. The van der Waals surface area contributed by atoms with Crippen LogP contribution >= 0.6 is 11.6 Å². The van der Waals surface area contributed by atoms with E-state index in [4.69, 9.17) is 22.3 Å². The fourth-order valence-corrected chi connectivity index (χ4v) is 6.19. The number of aromatic nitrogens is 4. The number of likely N-dealkylation sites (tertiary alicyclic amines) is 1. The summed E-state index contributed by atoms with van der Waals surface area (Å²) in [4.78, 5) is 24.9. The lowest BCUT2D eigenvalue weighted by molar-refractivity contribution is 0.0701. The molecule has 8 heteroatoms. The van der Waals surface area contributed by atoms with Gasteiger partial charge in [0.15, 0.2) is 5.82 Å². The number of fused-ring (bicyclic) bond motifs is 4. The largest absolute Gasteiger partial charge is 0.334 e. The first-order valence-electron chi connectivity index (χ1n) is 12.2. The number of hydrogen-bond donors (Lipinski definition) is 1. The van der Waals surface area contributed by atoms with E-state index in [0.29, 0.717) is 22.6 Å². The summed E-state index contributed by atoms with van der Waals surface area (Å²) in [5.41, 5.74) is 10.8. The van der Waals surface area contributed by atoms with Crippen LogP contribution in [0, 0.1) is 11.8 Å². The number of amides is 1. The second kappa shape index (κ2) is 7.30. The van der Waals surface area contributed by atoms with Crippen molar-refractivity contribution in [3.63, 3.8) is 0 Å². The molecule has 1 saturated heterocycles. The van der Waals surface area contributed by atoms with Gasteiger partial charge >= 0.3 is 0 Å². The highest BCUT2D eigenvalue weighted by Crippen LogP contribution is 2.38. The topological polar surface area (TPSA) is 82.0 Å². The van der Waals surface area contributed by atoms with Gasteiger partial charge in [-0.3, -0.25) is 4.79 Å². The van der Waals surface area contributed by atoms with E-state index in [1.54, 1.807) is 0 Å². The minimum absolute atomic E-state index is 0.0680. The van der Waals surface area contributed by atoms with Crippen LogP contribution in [0.5, 0.6) is 0 Å². The zero-order chi connectivity index (χ0) is 23.1. The van der Waals surface area contributed by atoms with Crippen molar-refractivity contribution in [3.05, 3.63) is 47.1 Å². The standard InChI is InChI=1S/C26H27ClN6O/c1-31-19-7-4-16(26(34)33-13-17-5-8-20(33)23(17)28)10-18(19)29-25(31)21-11-15-6-9-22(27)30-24(15)32(21)12-14-2-3-14/h4,6-7,9-11,14,17,20,23H,2-3,5,8,12-13,28H2,1H3/t17-,20-,23-/m1/s1. The molecule has 3 fully saturated rings. The zero-order valence-electron chi connectivity index (χ0n) is 19.1. The molecular formula is C26H27ClN6O. The van der Waals surface area contributed by atoms with Gasteiger partial charge in [-0.05, 0) is 73.9 Å². The maximum Gasteiger partial charge on any atom is 0.254 e. The van der Waals surface area contributed by atoms with Gasteiger partial charge in [0, 0.05) is 43.2 Å². The maximum absolute atomic E-state index is 13.3. The molecule has 3 aliphatic rings. The summed E-state index contributed by atoms with van der Waals surface area (Å²) in [5.74, 6) is 2.06. The van der Waals surface area contributed by atoms with Crippen molar-refractivity contribution in [2.24, 2.45) is 24.6 Å². The van der Waals surface area contributed by atoms with Crippen molar-refractivity contribution in [2.75, 3.05) is 6.54 Å². The van der Waals surface area contributed by atoms with Gasteiger partial charge in [0.25, 0.3) is 5.91 Å². The van der Waals surface area contributed by atoms with Gasteiger partial charge in [-0.15, -0.1) is 0 Å². The Morgan fingerprint density at radius 3 is 2.71 bits per heavy atom. The Bertz CT molecular complexity index is 1470. The fraction of sp³-hybridized carbons (Fsp3) is 0.423. The normalized spacial score (nSPS) is 24.1. The number of imidazole rings is 1. The van der Waals surface area contributed by atoms with Crippen molar-refractivity contribution < 1.29 is 4.79 Å². The number of piperidine rings is 1. The number of hydrogen-bond acceptors (Lipinski definition) is 4. The van der Waals surface area contributed by atoms with Crippen LogP contribution in [0.25, 0.3) is 33.6 Å². The van der Waals surface area contributed by atoms with E-state index in [1.165, 1.54) is 12.8 Å². The predicted octanol–water partition coefficient (Wildman–Crippen LogP) is 4.22. The van der Waals surface area contributed by atoms with Gasteiger partial charge in [-0.1, -0.05) is 11.6 Å². The van der Waals surface area contributed by atoms with Crippen LogP contribution in [-0.2, 0) is 13.6 Å². The Hall–Kier alpha value is -2.90. The minimum atomic E-state index is 0.0680. The molecule has 2 bridgehead atoms. The minimum Gasteiger partial charge on any atom is -0.334 e. The molecule has 34 heavy (non-hydrogen) atoms. The van der Waals surface area contributed by atoms with Crippen molar-refractivity contribution in [1.29, 1.82) is 0 Å². The molecule has 1 amide bonds. The van der Waals surface area contributed by atoms with Gasteiger partial charge in [0.2, 0.25) is 0 Å². The molecule has 174 valence electrons. The quantitative estimate of drug-likeness (QED) is 0.449. The van der Waals surface area contributed by atoms with E-state index in [-0.39, 0.29) is 18.0 Å². The molecule has 3 atom stereocenters. The molecule has 7 rings (SSSR count). The van der Waals surface area contributed by atoms with Crippen molar-refractivity contribution in [3.8, 4) is 11.5 Å². The first kappa shape index (κ1) is 20.5. The van der Waals surface area contributed by atoms with E-state index in [0.717, 1.165) is 59.5 Å².